The van der Waals surface area contributed by atoms with Gasteiger partial charge in [0, 0.05) is 37.4 Å². The zero-order valence-corrected chi connectivity index (χ0v) is 20.8. The standard InChI is InChI=1S/C30H36FN3O/c1-21-4-3-5-22(2)34(21)20-23-6-7-27-19-29(13-10-26(27)18-23)32-30(35)33-16-14-25(15-17-33)24-8-11-28(31)12-9-24/h6-13,18-19,21-22,25H,3-5,14-17,20H2,1-2H3,(H,32,35). The fourth-order valence-corrected chi connectivity index (χ4v) is 5.82. The molecule has 0 aromatic heterocycles. The highest BCUT2D eigenvalue weighted by Crippen LogP contribution is 2.29. The average molecular weight is 474 g/mol. The van der Waals surface area contributed by atoms with Gasteiger partial charge in [-0.2, -0.15) is 0 Å². The smallest absolute Gasteiger partial charge is 0.321 e. The Kier molecular flexibility index (Phi) is 7.05. The fraction of sp³-hybridized carbons (Fsp3) is 0.433. The van der Waals surface area contributed by atoms with Crippen molar-refractivity contribution in [1.29, 1.82) is 0 Å². The number of anilines is 1. The molecule has 2 aliphatic heterocycles. The van der Waals surface area contributed by atoms with Crippen LogP contribution in [0.3, 0.4) is 0 Å². The number of carbonyl (C=O) groups excluding carboxylic acids is 1. The van der Waals surface area contributed by atoms with Crippen molar-refractivity contribution in [3.05, 3.63) is 77.6 Å². The summed E-state index contributed by atoms with van der Waals surface area (Å²) in [6.07, 6.45) is 5.69. The molecule has 2 atom stereocenters. The summed E-state index contributed by atoms with van der Waals surface area (Å²) in [5, 5.41) is 5.43. The minimum absolute atomic E-state index is 0.0494. The highest BCUT2D eigenvalue weighted by Gasteiger charge is 2.25. The van der Waals surface area contributed by atoms with E-state index in [1.54, 1.807) is 0 Å². The van der Waals surface area contributed by atoms with Crippen molar-refractivity contribution in [1.82, 2.24) is 9.80 Å². The molecule has 2 amide bonds. The van der Waals surface area contributed by atoms with Crippen LogP contribution in [-0.2, 0) is 6.54 Å². The molecule has 0 aliphatic carbocycles. The number of urea groups is 1. The molecule has 0 spiro atoms. The summed E-state index contributed by atoms with van der Waals surface area (Å²) < 4.78 is 13.2. The number of fused-ring (bicyclic) bond motifs is 1. The number of likely N-dealkylation sites (tertiary alicyclic amines) is 2. The lowest BCUT2D eigenvalue weighted by Gasteiger charge is -2.39. The highest BCUT2D eigenvalue weighted by molar-refractivity contribution is 5.93. The molecule has 5 heteroatoms. The first-order valence-corrected chi connectivity index (χ1v) is 13.1. The third-order valence-corrected chi connectivity index (χ3v) is 8.02. The van der Waals surface area contributed by atoms with Crippen molar-refractivity contribution in [3.8, 4) is 0 Å². The Bertz CT molecular complexity index is 1160. The molecule has 2 saturated heterocycles. The predicted molar refractivity (Wildman–Crippen MR) is 141 cm³/mol. The van der Waals surface area contributed by atoms with E-state index in [4.69, 9.17) is 0 Å². The van der Waals surface area contributed by atoms with E-state index in [0.717, 1.165) is 36.0 Å². The molecule has 1 N–H and O–H groups in total. The number of benzene rings is 3. The Hall–Kier alpha value is -2.92. The lowest BCUT2D eigenvalue weighted by Crippen LogP contribution is -2.42. The molecular formula is C30H36FN3O. The molecule has 2 heterocycles. The van der Waals surface area contributed by atoms with Crippen LogP contribution in [0.1, 0.15) is 63.0 Å². The van der Waals surface area contributed by atoms with E-state index in [1.807, 2.05) is 23.1 Å². The Morgan fingerprint density at radius 2 is 1.54 bits per heavy atom. The van der Waals surface area contributed by atoms with Gasteiger partial charge in [0.25, 0.3) is 0 Å². The van der Waals surface area contributed by atoms with Crippen molar-refractivity contribution in [3.63, 3.8) is 0 Å². The Morgan fingerprint density at radius 3 is 2.26 bits per heavy atom. The number of hydrogen-bond donors (Lipinski definition) is 1. The number of hydrogen-bond acceptors (Lipinski definition) is 2. The third kappa shape index (κ3) is 5.51. The SMILES string of the molecule is CC1CCCC(C)N1Cc1ccc2cc(NC(=O)N3CCC(c4ccc(F)cc4)CC3)ccc2c1. The Morgan fingerprint density at radius 1 is 0.886 bits per heavy atom. The molecule has 3 aromatic carbocycles. The van der Waals surface area contributed by atoms with Gasteiger partial charge < -0.3 is 10.2 Å². The molecule has 4 nitrogen and oxygen atoms in total. The largest absolute Gasteiger partial charge is 0.324 e. The Balaban J connectivity index is 1.19. The molecule has 2 aliphatic rings. The first kappa shape index (κ1) is 23.8. The van der Waals surface area contributed by atoms with Gasteiger partial charge in [0.2, 0.25) is 0 Å². The van der Waals surface area contributed by atoms with E-state index in [-0.39, 0.29) is 11.8 Å². The quantitative estimate of drug-likeness (QED) is 0.437. The highest BCUT2D eigenvalue weighted by atomic mass is 19.1. The van der Waals surface area contributed by atoms with Crippen LogP contribution >= 0.6 is 0 Å². The van der Waals surface area contributed by atoms with E-state index in [2.05, 4.69) is 54.4 Å². The summed E-state index contributed by atoms with van der Waals surface area (Å²) in [6.45, 7) is 7.09. The van der Waals surface area contributed by atoms with Crippen molar-refractivity contribution in [2.75, 3.05) is 18.4 Å². The van der Waals surface area contributed by atoms with Gasteiger partial charge in [-0.15, -0.1) is 0 Å². The molecule has 5 rings (SSSR count). The Labute approximate surface area is 208 Å². The number of carbonyl (C=O) groups is 1. The van der Waals surface area contributed by atoms with Gasteiger partial charge in [-0.1, -0.05) is 36.8 Å². The second-order valence-corrected chi connectivity index (χ2v) is 10.4. The molecule has 35 heavy (non-hydrogen) atoms. The summed E-state index contributed by atoms with van der Waals surface area (Å²) in [5.74, 6) is 0.175. The second-order valence-electron chi connectivity index (χ2n) is 10.4. The first-order chi connectivity index (χ1) is 17.0. The number of rotatable bonds is 4. The lowest BCUT2D eigenvalue weighted by atomic mass is 9.89. The van der Waals surface area contributed by atoms with Gasteiger partial charge in [0.15, 0.2) is 0 Å². The van der Waals surface area contributed by atoms with Crippen LogP contribution in [0.4, 0.5) is 14.9 Å². The molecule has 0 saturated carbocycles. The number of halogens is 1. The van der Waals surface area contributed by atoms with Crippen LogP contribution in [0, 0.1) is 5.82 Å². The van der Waals surface area contributed by atoms with Crippen molar-refractivity contribution < 1.29 is 9.18 Å². The van der Waals surface area contributed by atoms with Crippen LogP contribution in [-0.4, -0.2) is 41.0 Å². The van der Waals surface area contributed by atoms with Gasteiger partial charge >= 0.3 is 6.03 Å². The second kappa shape index (κ2) is 10.4. The van der Waals surface area contributed by atoms with E-state index >= 15 is 0 Å². The molecule has 184 valence electrons. The predicted octanol–water partition coefficient (Wildman–Crippen LogP) is 7.15. The van der Waals surface area contributed by atoms with Crippen molar-refractivity contribution >= 4 is 22.5 Å². The molecule has 0 bridgehead atoms. The monoisotopic (exact) mass is 473 g/mol. The first-order valence-electron chi connectivity index (χ1n) is 13.1. The maximum Gasteiger partial charge on any atom is 0.321 e. The van der Waals surface area contributed by atoms with Crippen LogP contribution in [0.15, 0.2) is 60.7 Å². The summed E-state index contributed by atoms with van der Waals surface area (Å²) in [4.78, 5) is 17.4. The molecule has 3 aromatic rings. The number of nitrogens with one attached hydrogen (secondary N) is 1. The van der Waals surface area contributed by atoms with Crippen LogP contribution < -0.4 is 5.32 Å². The maximum absolute atomic E-state index is 13.2. The lowest BCUT2D eigenvalue weighted by molar-refractivity contribution is 0.0953. The molecular weight excluding hydrogens is 437 g/mol. The average Bonchev–Trinajstić information content (AvgIpc) is 2.87. The summed E-state index contributed by atoms with van der Waals surface area (Å²) in [5.41, 5.74) is 3.33. The van der Waals surface area contributed by atoms with Crippen molar-refractivity contribution in [2.45, 2.75) is 70.5 Å². The van der Waals surface area contributed by atoms with Crippen molar-refractivity contribution in [2.24, 2.45) is 0 Å². The molecule has 2 fully saturated rings. The van der Waals surface area contributed by atoms with E-state index in [1.165, 1.54) is 42.3 Å². The van der Waals surface area contributed by atoms with E-state index < -0.39 is 0 Å². The topological polar surface area (TPSA) is 35.6 Å². The third-order valence-electron chi connectivity index (χ3n) is 8.02. The summed E-state index contributed by atoms with van der Waals surface area (Å²) in [7, 11) is 0. The van der Waals surface area contributed by atoms with Gasteiger partial charge in [-0.25, -0.2) is 9.18 Å². The van der Waals surface area contributed by atoms with Crippen LogP contribution in [0.25, 0.3) is 10.8 Å². The number of nitrogens with zero attached hydrogens (tertiary/aromatic N) is 2. The zero-order chi connectivity index (χ0) is 24.4. The fourth-order valence-electron chi connectivity index (χ4n) is 5.82. The summed E-state index contributed by atoms with van der Waals surface area (Å²) in [6, 6.07) is 20.8. The summed E-state index contributed by atoms with van der Waals surface area (Å²) >= 11 is 0. The zero-order valence-electron chi connectivity index (χ0n) is 20.8. The van der Waals surface area contributed by atoms with Crippen LogP contribution in [0.5, 0.6) is 0 Å². The molecule has 2 unspecified atom stereocenters. The maximum atomic E-state index is 13.2. The normalized spacial score (nSPS) is 21.9. The molecule has 0 radical (unpaired) electrons. The minimum Gasteiger partial charge on any atom is -0.324 e. The van der Waals surface area contributed by atoms with Gasteiger partial charge in [0.1, 0.15) is 5.82 Å². The van der Waals surface area contributed by atoms with Gasteiger partial charge in [-0.05, 0) is 97.7 Å². The van der Waals surface area contributed by atoms with Crippen LogP contribution in [0.2, 0.25) is 0 Å². The minimum atomic E-state index is -0.205. The van der Waals surface area contributed by atoms with E-state index in [9.17, 15) is 9.18 Å². The number of amides is 2. The number of piperidine rings is 2. The van der Waals surface area contributed by atoms with Gasteiger partial charge in [0.05, 0.1) is 0 Å². The van der Waals surface area contributed by atoms with Gasteiger partial charge in [-0.3, -0.25) is 4.90 Å². The van der Waals surface area contributed by atoms with E-state index in [0.29, 0.717) is 31.1 Å².